The van der Waals surface area contributed by atoms with Crippen LogP contribution in [0.15, 0.2) is 4.99 Å². The molecule has 2 aliphatic rings. The quantitative estimate of drug-likeness (QED) is 0.806. The van der Waals surface area contributed by atoms with Crippen LogP contribution < -0.4 is 5.32 Å². The van der Waals surface area contributed by atoms with Crippen LogP contribution in [-0.4, -0.2) is 40.5 Å². The van der Waals surface area contributed by atoms with Crippen molar-refractivity contribution in [2.75, 3.05) is 6.54 Å². The van der Waals surface area contributed by atoms with Crippen LogP contribution in [0.3, 0.4) is 0 Å². The third-order valence-electron chi connectivity index (χ3n) is 3.26. The number of aliphatic hydroxyl groups is 1. The summed E-state index contributed by atoms with van der Waals surface area (Å²) in [7, 11) is 0. The van der Waals surface area contributed by atoms with Crippen molar-refractivity contribution in [2.45, 2.75) is 63.2 Å². The Labute approximate surface area is 107 Å². The van der Waals surface area contributed by atoms with Crippen molar-refractivity contribution in [2.24, 2.45) is 4.99 Å². The molecule has 0 radical (unpaired) electrons. The minimum absolute atomic E-state index is 0.000996. The summed E-state index contributed by atoms with van der Waals surface area (Å²) in [5.74, 6) is 0. The Morgan fingerprint density at radius 1 is 1.53 bits per heavy atom. The first-order valence-corrected chi connectivity index (χ1v) is 7.43. The van der Waals surface area contributed by atoms with E-state index in [9.17, 15) is 5.11 Å². The van der Waals surface area contributed by atoms with Gasteiger partial charge in [0.15, 0.2) is 5.17 Å². The van der Waals surface area contributed by atoms with Gasteiger partial charge in [0.05, 0.1) is 18.2 Å². The first kappa shape index (κ1) is 13.2. The van der Waals surface area contributed by atoms with E-state index in [0.29, 0.717) is 6.04 Å². The van der Waals surface area contributed by atoms with Crippen molar-refractivity contribution in [3.05, 3.63) is 0 Å². The van der Waals surface area contributed by atoms with Crippen molar-refractivity contribution in [3.8, 4) is 0 Å². The number of ether oxygens (including phenoxy) is 1. The Morgan fingerprint density at radius 2 is 2.35 bits per heavy atom. The van der Waals surface area contributed by atoms with E-state index in [2.05, 4.69) is 17.2 Å². The molecule has 0 aromatic heterocycles. The summed E-state index contributed by atoms with van der Waals surface area (Å²) in [5, 5.41) is 14.2. The van der Waals surface area contributed by atoms with E-state index < -0.39 is 0 Å². The fourth-order valence-electron chi connectivity index (χ4n) is 2.21. The van der Waals surface area contributed by atoms with E-state index in [1.165, 1.54) is 0 Å². The van der Waals surface area contributed by atoms with Crippen molar-refractivity contribution in [1.29, 1.82) is 0 Å². The Bertz CT molecular complexity index is 286. The highest BCUT2D eigenvalue weighted by Gasteiger charge is 2.39. The summed E-state index contributed by atoms with van der Waals surface area (Å²) in [6, 6.07) is 0.371. The molecule has 0 bridgehead atoms. The predicted octanol–water partition coefficient (Wildman–Crippen LogP) is 1.73. The molecular formula is C12H22N2O2S. The first-order valence-electron chi connectivity index (χ1n) is 6.55. The van der Waals surface area contributed by atoms with Crippen LogP contribution in [0, 0.1) is 0 Å². The van der Waals surface area contributed by atoms with Crippen LogP contribution in [0.2, 0.25) is 0 Å². The van der Waals surface area contributed by atoms with Gasteiger partial charge in [0, 0.05) is 6.54 Å². The van der Waals surface area contributed by atoms with E-state index in [0.717, 1.165) is 37.4 Å². The molecule has 0 spiro atoms. The Hall–Kier alpha value is -0.260. The average Bonchev–Trinajstić information content (AvgIpc) is 2.76. The third-order valence-corrected chi connectivity index (χ3v) is 4.40. The molecule has 0 aromatic carbocycles. The maximum Gasteiger partial charge on any atom is 0.159 e. The fraction of sp³-hybridized carbons (Fsp3) is 0.917. The summed E-state index contributed by atoms with van der Waals surface area (Å²) in [5.41, 5.74) is 0.130. The number of rotatable bonds is 4. The lowest BCUT2D eigenvalue weighted by Gasteiger charge is -2.33. The van der Waals surface area contributed by atoms with Gasteiger partial charge >= 0.3 is 0 Å². The monoisotopic (exact) mass is 258 g/mol. The molecule has 0 amide bonds. The zero-order valence-electron chi connectivity index (χ0n) is 10.6. The molecule has 1 unspecified atom stereocenters. The molecule has 0 aromatic rings. The van der Waals surface area contributed by atoms with Crippen LogP contribution in [-0.2, 0) is 4.74 Å². The number of thioether (sulfide) groups is 1. The molecule has 4 atom stereocenters. The van der Waals surface area contributed by atoms with E-state index in [1.807, 2.05) is 6.92 Å². The molecule has 2 rings (SSSR count). The van der Waals surface area contributed by atoms with Crippen LogP contribution in [0.5, 0.6) is 0 Å². The second kappa shape index (κ2) is 6.07. The molecule has 98 valence electrons. The minimum atomic E-state index is -0.326. The van der Waals surface area contributed by atoms with Crippen LogP contribution >= 0.6 is 11.8 Å². The number of hydrogen-bond acceptors (Lipinski definition) is 4. The standard InChI is InChI=1S/C12H22N2O2S/c1-3-7-13-12-14-8-5-6-10(9(15)4-2)16-11(8)17-12/h8-11,15H,3-7H2,1-2H3,(H,13,14)/t8-,9?,10-,11-/m1/s1. The second-order valence-electron chi connectivity index (χ2n) is 4.65. The predicted molar refractivity (Wildman–Crippen MR) is 71.3 cm³/mol. The third kappa shape index (κ3) is 3.14. The topological polar surface area (TPSA) is 53.9 Å². The SMILES string of the molecule is CCCN=C1N[C@@H]2CC[C@H](C(O)CC)O[C@@H]2S1. The van der Waals surface area contributed by atoms with Crippen molar-refractivity contribution in [3.63, 3.8) is 0 Å². The molecule has 2 heterocycles. The van der Waals surface area contributed by atoms with Gasteiger partial charge in [0.25, 0.3) is 0 Å². The Balaban J connectivity index is 1.90. The average molecular weight is 258 g/mol. The van der Waals surface area contributed by atoms with Gasteiger partial charge in [0.1, 0.15) is 5.44 Å². The van der Waals surface area contributed by atoms with E-state index >= 15 is 0 Å². The number of hydrogen-bond donors (Lipinski definition) is 2. The first-order chi connectivity index (χ1) is 8.24. The molecule has 4 nitrogen and oxygen atoms in total. The molecule has 2 N–H and O–H groups in total. The zero-order chi connectivity index (χ0) is 12.3. The molecule has 2 aliphatic heterocycles. The summed E-state index contributed by atoms with van der Waals surface area (Å²) >= 11 is 1.67. The lowest BCUT2D eigenvalue weighted by atomic mass is 10.00. The molecular weight excluding hydrogens is 236 g/mol. The minimum Gasteiger partial charge on any atom is -0.390 e. The van der Waals surface area contributed by atoms with Gasteiger partial charge in [-0.2, -0.15) is 0 Å². The highest BCUT2D eigenvalue weighted by molar-refractivity contribution is 8.14. The van der Waals surface area contributed by atoms with Crippen molar-refractivity contribution >= 4 is 16.9 Å². The molecule has 2 fully saturated rings. The number of aliphatic hydroxyl groups excluding tert-OH is 1. The fourth-order valence-corrected chi connectivity index (χ4v) is 3.38. The van der Waals surface area contributed by atoms with Crippen molar-refractivity contribution in [1.82, 2.24) is 5.32 Å². The molecule has 0 aliphatic carbocycles. The van der Waals surface area contributed by atoms with Gasteiger partial charge in [-0.3, -0.25) is 4.99 Å². The largest absolute Gasteiger partial charge is 0.390 e. The van der Waals surface area contributed by atoms with Gasteiger partial charge in [-0.1, -0.05) is 25.6 Å². The normalized spacial score (nSPS) is 36.6. The van der Waals surface area contributed by atoms with E-state index in [1.54, 1.807) is 11.8 Å². The summed E-state index contributed by atoms with van der Waals surface area (Å²) in [6.07, 6.45) is 3.50. The second-order valence-corrected chi connectivity index (χ2v) is 5.74. The summed E-state index contributed by atoms with van der Waals surface area (Å²) in [4.78, 5) is 4.48. The number of nitrogens with zero attached hydrogens (tertiary/aromatic N) is 1. The zero-order valence-corrected chi connectivity index (χ0v) is 11.4. The number of amidine groups is 1. The maximum absolute atomic E-state index is 9.83. The van der Waals surface area contributed by atoms with Crippen LogP contribution in [0.25, 0.3) is 0 Å². The van der Waals surface area contributed by atoms with Crippen LogP contribution in [0.1, 0.15) is 39.5 Å². The number of fused-ring (bicyclic) bond motifs is 1. The number of nitrogens with one attached hydrogen (secondary N) is 1. The lowest BCUT2D eigenvalue weighted by Crippen LogP contribution is -2.44. The van der Waals surface area contributed by atoms with Gasteiger partial charge in [-0.15, -0.1) is 0 Å². The smallest absolute Gasteiger partial charge is 0.159 e. The van der Waals surface area contributed by atoms with E-state index in [4.69, 9.17) is 4.74 Å². The summed E-state index contributed by atoms with van der Waals surface area (Å²) in [6.45, 7) is 4.99. The van der Waals surface area contributed by atoms with Gasteiger partial charge in [0.2, 0.25) is 0 Å². The Morgan fingerprint density at radius 3 is 3.06 bits per heavy atom. The maximum atomic E-state index is 9.83. The molecule has 0 saturated carbocycles. The molecule has 17 heavy (non-hydrogen) atoms. The van der Waals surface area contributed by atoms with Crippen LogP contribution in [0.4, 0.5) is 0 Å². The Kier molecular flexibility index (Phi) is 4.70. The lowest BCUT2D eigenvalue weighted by molar-refractivity contribution is -0.0821. The van der Waals surface area contributed by atoms with Crippen molar-refractivity contribution < 1.29 is 9.84 Å². The highest BCUT2D eigenvalue weighted by atomic mass is 32.2. The highest BCUT2D eigenvalue weighted by Crippen LogP contribution is 2.34. The molecule has 2 saturated heterocycles. The van der Waals surface area contributed by atoms with Gasteiger partial charge in [-0.05, 0) is 25.7 Å². The van der Waals surface area contributed by atoms with E-state index in [-0.39, 0.29) is 17.6 Å². The number of aliphatic imine (C=N–C) groups is 1. The summed E-state index contributed by atoms with van der Waals surface area (Å²) < 4.78 is 5.94. The van der Waals surface area contributed by atoms with Gasteiger partial charge < -0.3 is 15.2 Å². The van der Waals surface area contributed by atoms with Gasteiger partial charge in [-0.25, -0.2) is 0 Å². The molecule has 5 heteroatoms.